The number of carbonyl (C=O) groups excluding carboxylic acids is 1. The number of carbonyl (C=O) groups is 1. The first-order valence-corrected chi connectivity index (χ1v) is 10.5. The zero-order chi connectivity index (χ0) is 18.1. The van der Waals surface area contributed by atoms with Gasteiger partial charge in [-0.05, 0) is 50.6 Å². The molecule has 1 aromatic carbocycles. The molecular weight excluding hydrogens is 332 g/mol. The van der Waals surface area contributed by atoms with Gasteiger partial charge in [0.25, 0.3) is 0 Å². The second kappa shape index (κ2) is 10.7. The van der Waals surface area contributed by atoms with Crippen molar-refractivity contribution >= 4 is 17.7 Å². The van der Waals surface area contributed by atoms with Gasteiger partial charge in [-0.2, -0.15) is 11.8 Å². The third kappa shape index (κ3) is 6.55. The molecule has 1 fully saturated rings. The van der Waals surface area contributed by atoms with Gasteiger partial charge < -0.3 is 14.5 Å². The molecule has 0 aromatic heterocycles. The number of thioether (sulfide) groups is 1. The van der Waals surface area contributed by atoms with Gasteiger partial charge in [-0.25, -0.2) is 0 Å². The number of amides is 1. The van der Waals surface area contributed by atoms with Crippen LogP contribution in [-0.4, -0.2) is 66.5 Å². The first kappa shape index (κ1) is 20.1. The maximum Gasteiger partial charge on any atom is 0.222 e. The SMILES string of the molecule is CCN(CCCC(=O)N1CCSCC1)[C@@H](C)Cc1ccc(OC)cc1. The van der Waals surface area contributed by atoms with E-state index in [4.69, 9.17) is 4.74 Å². The largest absolute Gasteiger partial charge is 0.497 e. The van der Waals surface area contributed by atoms with E-state index in [2.05, 4.69) is 30.9 Å². The van der Waals surface area contributed by atoms with Crippen molar-refractivity contribution in [1.29, 1.82) is 0 Å². The molecule has 5 heteroatoms. The van der Waals surface area contributed by atoms with E-state index in [0.29, 0.717) is 18.4 Å². The number of hydrogen-bond donors (Lipinski definition) is 0. The van der Waals surface area contributed by atoms with Crippen LogP contribution in [0.4, 0.5) is 0 Å². The van der Waals surface area contributed by atoms with E-state index in [1.165, 1.54) is 5.56 Å². The summed E-state index contributed by atoms with van der Waals surface area (Å²) < 4.78 is 5.22. The fourth-order valence-electron chi connectivity index (χ4n) is 3.33. The van der Waals surface area contributed by atoms with Gasteiger partial charge in [0.2, 0.25) is 5.91 Å². The van der Waals surface area contributed by atoms with Crippen LogP contribution >= 0.6 is 11.8 Å². The van der Waals surface area contributed by atoms with Gasteiger partial charge in [-0.15, -0.1) is 0 Å². The highest BCUT2D eigenvalue weighted by molar-refractivity contribution is 7.99. The molecule has 0 radical (unpaired) electrons. The van der Waals surface area contributed by atoms with Crippen molar-refractivity contribution in [2.75, 3.05) is 44.8 Å². The number of nitrogens with zero attached hydrogens (tertiary/aromatic N) is 2. The van der Waals surface area contributed by atoms with Crippen LogP contribution in [0.5, 0.6) is 5.75 Å². The predicted molar refractivity (Wildman–Crippen MR) is 107 cm³/mol. The van der Waals surface area contributed by atoms with Crippen molar-refractivity contribution in [2.45, 2.75) is 39.2 Å². The van der Waals surface area contributed by atoms with Crippen LogP contribution in [-0.2, 0) is 11.2 Å². The van der Waals surface area contributed by atoms with Crippen LogP contribution in [0.3, 0.4) is 0 Å². The lowest BCUT2D eigenvalue weighted by molar-refractivity contribution is -0.131. The third-order valence-electron chi connectivity index (χ3n) is 4.92. The Hall–Kier alpha value is -1.20. The number of benzene rings is 1. The Kier molecular flexibility index (Phi) is 8.62. The van der Waals surface area contributed by atoms with Gasteiger partial charge in [0.15, 0.2) is 0 Å². The molecule has 1 aliphatic rings. The van der Waals surface area contributed by atoms with Crippen LogP contribution in [0, 0.1) is 0 Å². The van der Waals surface area contributed by atoms with E-state index in [-0.39, 0.29) is 0 Å². The summed E-state index contributed by atoms with van der Waals surface area (Å²) in [5, 5.41) is 0. The molecule has 140 valence electrons. The zero-order valence-corrected chi connectivity index (χ0v) is 16.7. The average Bonchev–Trinajstić information content (AvgIpc) is 2.66. The number of methoxy groups -OCH3 is 1. The summed E-state index contributed by atoms with van der Waals surface area (Å²) in [6.45, 7) is 8.34. The van der Waals surface area contributed by atoms with Crippen LogP contribution < -0.4 is 4.74 Å². The lowest BCUT2D eigenvalue weighted by atomic mass is 10.1. The molecule has 0 aliphatic carbocycles. The van der Waals surface area contributed by atoms with E-state index < -0.39 is 0 Å². The molecule has 1 amide bonds. The molecule has 0 saturated carbocycles. The number of rotatable bonds is 9. The van der Waals surface area contributed by atoms with Crippen LogP contribution in [0.25, 0.3) is 0 Å². The topological polar surface area (TPSA) is 32.8 Å². The molecule has 0 N–H and O–H groups in total. The molecule has 0 unspecified atom stereocenters. The summed E-state index contributed by atoms with van der Waals surface area (Å²) >= 11 is 1.95. The Morgan fingerprint density at radius 2 is 1.96 bits per heavy atom. The van der Waals surface area contributed by atoms with Crippen molar-refractivity contribution in [2.24, 2.45) is 0 Å². The average molecular weight is 365 g/mol. The highest BCUT2D eigenvalue weighted by Crippen LogP contribution is 2.15. The van der Waals surface area contributed by atoms with E-state index >= 15 is 0 Å². The molecule has 0 bridgehead atoms. The monoisotopic (exact) mass is 364 g/mol. The van der Waals surface area contributed by atoms with Crippen LogP contribution in [0.15, 0.2) is 24.3 Å². The van der Waals surface area contributed by atoms with Gasteiger partial charge in [-0.3, -0.25) is 4.79 Å². The maximum absolute atomic E-state index is 12.3. The molecule has 0 spiro atoms. The van der Waals surface area contributed by atoms with E-state index in [1.807, 2.05) is 28.8 Å². The van der Waals surface area contributed by atoms with Gasteiger partial charge >= 0.3 is 0 Å². The van der Waals surface area contributed by atoms with E-state index in [1.54, 1.807) is 7.11 Å². The Morgan fingerprint density at radius 1 is 1.28 bits per heavy atom. The number of hydrogen-bond acceptors (Lipinski definition) is 4. The number of likely N-dealkylation sites (N-methyl/N-ethyl adjacent to an activating group) is 1. The van der Waals surface area contributed by atoms with Crippen LogP contribution in [0.2, 0.25) is 0 Å². The highest BCUT2D eigenvalue weighted by atomic mass is 32.2. The van der Waals surface area contributed by atoms with E-state index in [0.717, 1.165) is 56.3 Å². The standard InChI is InChI=1S/C20H32N2O2S/c1-4-21(11-5-6-20(23)22-12-14-25-15-13-22)17(2)16-18-7-9-19(24-3)10-8-18/h7-10,17H,4-6,11-16H2,1-3H3/t17-/m0/s1. The maximum atomic E-state index is 12.3. The minimum absolute atomic E-state index is 0.333. The normalized spacial score (nSPS) is 16.1. The van der Waals surface area contributed by atoms with Crippen molar-refractivity contribution in [3.63, 3.8) is 0 Å². The second-order valence-corrected chi connectivity index (χ2v) is 7.85. The molecule has 4 nitrogen and oxygen atoms in total. The molecule has 1 heterocycles. The molecule has 1 atom stereocenters. The summed E-state index contributed by atoms with van der Waals surface area (Å²) in [4.78, 5) is 16.8. The van der Waals surface area contributed by atoms with Gasteiger partial charge in [0.1, 0.15) is 5.75 Å². The van der Waals surface area contributed by atoms with Gasteiger partial charge in [-0.1, -0.05) is 19.1 Å². The Labute approximate surface area is 156 Å². The first-order chi connectivity index (χ1) is 12.1. The Balaban J connectivity index is 1.74. The Bertz CT molecular complexity index is 515. The lowest BCUT2D eigenvalue weighted by Crippen LogP contribution is -2.39. The molecule has 1 saturated heterocycles. The molecule has 1 aromatic rings. The summed E-state index contributed by atoms with van der Waals surface area (Å²) in [5.41, 5.74) is 1.33. The van der Waals surface area contributed by atoms with Gasteiger partial charge in [0.05, 0.1) is 7.11 Å². The van der Waals surface area contributed by atoms with E-state index in [9.17, 15) is 4.79 Å². The second-order valence-electron chi connectivity index (χ2n) is 6.63. The zero-order valence-electron chi connectivity index (χ0n) is 15.9. The molecule has 25 heavy (non-hydrogen) atoms. The molecule has 1 aliphatic heterocycles. The first-order valence-electron chi connectivity index (χ1n) is 9.36. The fraction of sp³-hybridized carbons (Fsp3) is 0.650. The predicted octanol–water partition coefficient (Wildman–Crippen LogP) is 3.30. The summed E-state index contributed by atoms with van der Waals surface area (Å²) in [7, 11) is 1.69. The van der Waals surface area contributed by atoms with Crippen molar-refractivity contribution in [3.8, 4) is 5.75 Å². The number of ether oxygens (including phenoxy) is 1. The Morgan fingerprint density at radius 3 is 2.56 bits per heavy atom. The van der Waals surface area contributed by atoms with Crippen molar-refractivity contribution in [1.82, 2.24) is 9.80 Å². The third-order valence-corrected chi connectivity index (χ3v) is 5.86. The summed E-state index contributed by atoms with van der Waals surface area (Å²) in [6.07, 6.45) is 2.65. The van der Waals surface area contributed by atoms with Crippen molar-refractivity contribution < 1.29 is 9.53 Å². The molecule has 2 rings (SSSR count). The van der Waals surface area contributed by atoms with Gasteiger partial charge in [0, 0.05) is 37.1 Å². The highest BCUT2D eigenvalue weighted by Gasteiger charge is 2.17. The minimum atomic E-state index is 0.333. The molecular formula is C20H32N2O2S. The lowest BCUT2D eigenvalue weighted by Gasteiger charge is -2.29. The quantitative estimate of drug-likeness (QED) is 0.673. The van der Waals surface area contributed by atoms with Crippen molar-refractivity contribution in [3.05, 3.63) is 29.8 Å². The summed E-state index contributed by atoms with van der Waals surface area (Å²) in [6, 6.07) is 8.80. The fourth-order valence-corrected chi connectivity index (χ4v) is 4.23. The minimum Gasteiger partial charge on any atom is -0.497 e. The van der Waals surface area contributed by atoms with Crippen LogP contribution in [0.1, 0.15) is 32.3 Å². The smallest absolute Gasteiger partial charge is 0.222 e. The summed E-state index contributed by atoms with van der Waals surface area (Å²) in [5.74, 6) is 3.41.